The molecule has 0 aliphatic carbocycles. The van der Waals surface area contributed by atoms with Gasteiger partial charge < -0.3 is 19.8 Å². The molecule has 0 spiro atoms. The van der Waals surface area contributed by atoms with E-state index in [1.807, 2.05) is 41.2 Å². The van der Waals surface area contributed by atoms with Crippen LogP contribution in [0.2, 0.25) is 0 Å². The van der Waals surface area contributed by atoms with E-state index >= 15 is 0 Å². The van der Waals surface area contributed by atoms with E-state index in [0.717, 1.165) is 5.56 Å². The largest absolute Gasteiger partial charge is 0.465 e. The fourth-order valence-corrected chi connectivity index (χ4v) is 3.87. The van der Waals surface area contributed by atoms with Crippen LogP contribution in [-0.4, -0.2) is 34.3 Å². The zero-order valence-electron chi connectivity index (χ0n) is 17.2. The van der Waals surface area contributed by atoms with E-state index in [1.165, 1.54) is 18.4 Å². The summed E-state index contributed by atoms with van der Waals surface area (Å²) in [5.74, 6) is -1.09. The Morgan fingerprint density at radius 2 is 2.00 bits per heavy atom. The van der Waals surface area contributed by atoms with Crippen molar-refractivity contribution in [2.45, 2.75) is 13.0 Å². The molecule has 0 saturated heterocycles. The molecule has 0 saturated carbocycles. The van der Waals surface area contributed by atoms with Gasteiger partial charge in [-0.05, 0) is 58.3 Å². The van der Waals surface area contributed by atoms with Gasteiger partial charge in [0.25, 0.3) is 5.91 Å². The lowest BCUT2D eigenvalue weighted by Crippen LogP contribution is -2.23. The number of ether oxygens (including phenoxy) is 1. The van der Waals surface area contributed by atoms with Crippen molar-refractivity contribution in [3.63, 3.8) is 0 Å². The maximum absolute atomic E-state index is 12.6. The van der Waals surface area contributed by atoms with Gasteiger partial charge >= 0.3 is 5.97 Å². The van der Waals surface area contributed by atoms with Crippen molar-refractivity contribution in [3.05, 3.63) is 88.0 Å². The fourth-order valence-electron chi connectivity index (χ4n) is 3.20. The maximum atomic E-state index is 12.6. The number of amides is 2. The lowest BCUT2D eigenvalue weighted by molar-refractivity contribution is -0.115. The van der Waals surface area contributed by atoms with Gasteiger partial charge in [0.1, 0.15) is 11.3 Å². The van der Waals surface area contributed by atoms with Crippen molar-refractivity contribution in [2.75, 3.05) is 12.4 Å². The van der Waals surface area contributed by atoms with E-state index in [1.54, 1.807) is 28.8 Å². The molecule has 3 heterocycles. The number of aromatic nitrogens is 2. The number of thiophene rings is 1. The van der Waals surface area contributed by atoms with Crippen LogP contribution < -0.4 is 10.6 Å². The summed E-state index contributed by atoms with van der Waals surface area (Å²) in [6.07, 6.45) is 3.68. The van der Waals surface area contributed by atoms with E-state index in [-0.39, 0.29) is 36.0 Å². The first kappa shape index (κ1) is 21.3. The Balaban J connectivity index is 1.48. The summed E-state index contributed by atoms with van der Waals surface area (Å²) in [4.78, 5) is 41.3. The predicted octanol–water partition coefficient (Wildman–Crippen LogP) is 3.29. The number of benzene rings is 1. The molecule has 0 unspecified atom stereocenters. The summed E-state index contributed by atoms with van der Waals surface area (Å²) in [6, 6.07) is 12.3. The fraction of sp³-hybridized carbons (Fsp3) is 0.130. The topological polar surface area (TPSA) is 102 Å². The second-order valence-electron chi connectivity index (χ2n) is 7.04. The summed E-state index contributed by atoms with van der Waals surface area (Å²) in [6.45, 7) is 0.144. The first-order valence-corrected chi connectivity index (χ1v) is 10.7. The number of rotatable bonds is 7. The lowest BCUT2D eigenvalue weighted by atomic mass is 10.1. The van der Waals surface area contributed by atoms with Crippen LogP contribution in [0.1, 0.15) is 32.0 Å². The molecule has 32 heavy (non-hydrogen) atoms. The van der Waals surface area contributed by atoms with Gasteiger partial charge in [-0.3, -0.25) is 9.59 Å². The second-order valence-corrected chi connectivity index (χ2v) is 7.82. The number of nitrogens with zero attached hydrogens (tertiary/aromatic N) is 2. The van der Waals surface area contributed by atoms with Gasteiger partial charge in [0.05, 0.1) is 19.1 Å². The SMILES string of the molecule is COC(=O)c1cc(CNC(=O)c2cn3ccccc3n2)cc(NC(=O)Cc2ccsc2)c1. The predicted molar refractivity (Wildman–Crippen MR) is 121 cm³/mol. The smallest absolute Gasteiger partial charge is 0.337 e. The first-order valence-electron chi connectivity index (χ1n) is 9.77. The zero-order chi connectivity index (χ0) is 22.5. The zero-order valence-corrected chi connectivity index (χ0v) is 18.0. The van der Waals surface area contributed by atoms with Gasteiger partial charge in [0.2, 0.25) is 5.91 Å². The van der Waals surface area contributed by atoms with Gasteiger partial charge in [-0.15, -0.1) is 0 Å². The lowest BCUT2D eigenvalue weighted by Gasteiger charge is -2.11. The molecule has 0 bridgehead atoms. The van der Waals surface area contributed by atoms with Crippen LogP contribution in [0.3, 0.4) is 0 Å². The molecule has 4 aromatic rings. The van der Waals surface area contributed by atoms with E-state index in [4.69, 9.17) is 4.74 Å². The molecule has 0 radical (unpaired) electrons. The molecule has 0 aliphatic heterocycles. The summed E-state index contributed by atoms with van der Waals surface area (Å²) in [5.41, 5.74) is 3.22. The minimum Gasteiger partial charge on any atom is -0.465 e. The molecule has 8 nitrogen and oxygen atoms in total. The average Bonchev–Trinajstić information content (AvgIpc) is 3.46. The molecule has 0 fully saturated rings. The van der Waals surface area contributed by atoms with Crippen molar-refractivity contribution in [3.8, 4) is 0 Å². The number of esters is 1. The van der Waals surface area contributed by atoms with E-state index in [9.17, 15) is 14.4 Å². The monoisotopic (exact) mass is 448 g/mol. The minimum atomic E-state index is -0.535. The Hall–Kier alpha value is -3.98. The maximum Gasteiger partial charge on any atom is 0.337 e. The van der Waals surface area contributed by atoms with Crippen LogP contribution in [0.25, 0.3) is 5.65 Å². The van der Waals surface area contributed by atoms with Crippen LogP contribution >= 0.6 is 11.3 Å². The highest BCUT2D eigenvalue weighted by Gasteiger charge is 2.14. The quantitative estimate of drug-likeness (QED) is 0.423. The molecule has 4 rings (SSSR count). The number of hydrogen-bond acceptors (Lipinski definition) is 6. The summed E-state index contributed by atoms with van der Waals surface area (Å²) < 4.78 is 6.57. The van der Waals surface area contributed by atoms with Crippen molar-refractivity contribution >= 4 is 40.5 Å². The van der Waals surface area contributed by atoms with Gasteiger partial charge in [0.15, 0.2) is 0 Å². The number of anilines is 1. The van der Waals surface area contributed by atoms with Crippen molar-refractivity contribution in [1.29, 1.82) is 0 Å². The summed E-state index contributed by atoms with van der Waals surface area (Å²) >= 11 is 1.52. The van der Waals surface area contributed by atoms with Crippen LogP contribution in [-0.2, 0) is 22.5 Å². The molecule has 0 aliphatic rings. The van der Waals surface area contributed by atoms with Crippen molar-refractivity contribution < 1.29 is 19.1 Å². The molecular formula is C23H20N4O4S. The highest BCUT2D eigenvalue weighted by molar-refractivity contribution is 7.08. The third kappa shape index (κ3) is 5.01. The number of hydrogen-bond donors (Lipinski definition) is 2. The Labute approximate surface area is 187 Å². The number of fused-ring (bicyclic) bond motifs is 1. The Kier molecular flexibility index (Phi) is 6.27. The highest BCUT2D eigenvalue weighted by Crippen LogP contribution is 2.17. The number of pyridine rings is 1. The second kappa shape index (κ2) is 9.44. The molecule has 9 heteroatoms. The molecule has 0 atom stereocenters. The van der Waals surface area contributed by atoms with Crippen LogP contribution in [0.5, 0.6) is 0 Å². The standard InChI is InChI=1S/C23H20N4O4S/c1-31-23(30)17-8-16(9-18(11-17)25-21(28)10-15-5-7-32-14-15)12-24-22(29)19-13-27-6-3-2-4-20(27)26-19/h2-9,11,13-14H,10,12H2,1H3,(H,24,29)(H,25,28). The van der Waals surface area contributed by atoms with Crippen molar-refractivity contribution in [2.24, 2.45) is 0 Å². The Morgan fingerprint density at radius 3 is 2.75 bits per heavy atom. The molecule has 162 valence electrons. The normalized spacial score (nSPS) is 10.7. The van der Waals surface area contributed by atoms with Gasteiger partial charge in [-0.1, -0.05) is 6.07 Å². The number of methoxy groups -OCH3 is 1. The summed E-state index contributed by atoms with van der Waals surface area (Å²) in [5, 5.41) is 9.42. The van der Waals surface area contributed by atoms with Crippen LogP contribution in [0.15, 0.2) is 65.6 Å². The Bertz CT molecular complexity index is 1250. The third-order valence-electron chi connectivity index (χ3n) is 4.69. The van der Waals surface area contributed by atoms with Crippen LogP contribution in [0, 0.1) is 0 Å². The molecule has 2 N–H and O–H groups in total. The molecule has 2 amide bonds. The average molecular weight is 449 g/mol. The Morgan fingerprint density at radius 1 is 1.12 bits per heavy atom. The van der Waals surface area contributed by atoms with Gasteiger partial charge in [0, 0.05) is 24.6 Å². The van der Waals surface area contributed by atoms with Gasteiger partial charge in [-0.25, -0.2) is 9.78 Å². The van der Waals surface area contributed by atoms with E-state index < -0.39 is 5.97 Å². The van der Waals surface area contributed by atoms with E-state index in [0.29, 0.717) is 16.9 Å². The molecule has 1 aromatic carbocycles. The third-order valence-corrected chi connectivity index (χ3v) is 5.42. The highest BCUT2D eigenvalue weighted by atomic mass is 32.1. The number of carbonyl (C=O) groups excluding carboxylic acids is 3. The number of carbonyl (C=O) groups is 3. The number of nitrogens with one attached hydrogen (secondary N) is 2. The van der Waals surface area contributed by atoms with Crippen LogP contribution in [0.4, 0.5) is 5.69 Å². The van der Waals surface area contributed by atoms with E-state index in [2.05, 4.69) is 15.6 Å². The minimum absolute atomic E-state index is 0.144. The first-order chi connectivity index (χ1) is 15.5. The van der Waals surface area contributed by atoms with Crippen molar-refractivity contribution in [1.82, 2.24) is 14.7 Å². The number of imidazole rings is 1. The summed E-state index contributed by atoms with van der Waals surface area (Å²) in [7, 11) is 1.29. The van der Waals surface area contributed by atoms with Gasteiger partial charge in [-0.2, -0.15) is 11.3 Å². The molecular weight excluding hydrogens is 428 g/mol. The molecule has 3 aromatic heterocycles.